The van der Waals surface area contributed by atoms with Crippen molar-refractivity contribution in [2.24, 2.45) is 0 Å². The van der Waals surface area contributed by atoms with Crippen molar-refractivity contribution in [3.63, 3.8) is 0 Å². The van der Waals surface area contributed by atoms with Crippen molar-refractivity contribution in [1.82, 2.24) is 9.88 Å². The highest BCUT2D eigenvalue weighted by molar-refractivity contribution is 5.76. The lowest BCUT2D eigenvalue weighted by molar-refractivity contribution is -0.132. The fraction of sp³-hybridized carbons (Fsp3) is 0.600. The number of carbonyl (C=O) groups is 1. The Morgan fingerprint density at radius 3 is 2.84 bits per heavy atom. The summed E-state index contributed by atoms with van der Waals surface area (Å²) in [5, 5.41) is 3.46. The smallest absolute Gasteiger partial charge is 0.222 e. The molecule has 0 unspecified atom stereocenters. The first-order valence-electron chi connectivity index (χ1n) is 7.16. The van der Waals surface area contributed by atoms with Gasteiger partial charge in [0.15, 0.2) is 0 Å². The quantitative estimate of drug-likeness (QED) is 0.906. The third kappa shape index (κ3) is 3.94. The van der Waals surface area contributed by atoms with Crippen molar-refractivity contribution in [3.8, 4) is 0 Å². The molecular weight excluding hydrogens is 238 g/mol. The lowest BCUT2D eigenvalue weighted by atomic mass is 10.0. The number of aryl methyl sites for hydroxylation is 1. The predicted molar refractivity (Wildman–Crippen MR) is 77.1 cm³/mol. The second-order valence-electron chi connectivity index (χ2n) is 5.27. The SMILES string of the molecule is CCCC(=O)N1CCC(Nc2cc(C)ccn2)CC1. The van der Waals surface area contributed by atoms with E-state index < -0.39 is 0 Å². The van der Waals surface area contributed by atoms with Crippen molar-refractivity contribution < 1.29 is 4.79 Å². The first-order chi connectivity index (χ1) is 9.19. The van der Waals surface area contributed by atoms with E-state index in [0.29, 0.717) is 18.4 Å². The standard InChI is InChI=1S/C15H23N3O/c1-3-4-15(19)18-9-6-13(7-10-18)17-14-11-12(2)5-8-16-14/h5,8,11,13H,3-4,6-7,9-10H2,1-2H3,(H,16,17). The van der Waals surface area contributed by atoms with Crippen LogP contribution in [0, 0.1) is 6.92 Å². The molecule has 0 atom stereocenters. The summed E-state index contributed by atoms with van der Waals surface area (Å²) in [7, 11) is 0. The Morgan fingerprint density at radius 2 is 2.21 bits per heavy atom. The molecule has 4 nitrogen and oxygen atoms in total. The molecule has 1 N–H and O–H groups in total. The number of aromatic nitrogens is 1. The van der Waals surface area contributed by atoms with Gasteiger partial charge in [0.25, 0.3) is 0 Å². The molecule has 104 valence electrons. The Balaban J connectivity index is 1.82. The minimum Gasteiger partial charge on any atom is -0.367 e. The van der Waals surface area contributed by atoms with Crippen LogP contribution in [0.15, 0.2) is 18.3 Å². The first-order valence-corrected chi connectivity index (χ1v) is 7.16. The predicted octanol–water partition coefficient (Wildman–Crippen LogP) is 2.59. The number of nitrogens with zero attached hydrogens (tertiary/aromatic N) is 2. The molecule has 0 aliphatic carbocycles. The topological polar surface area (TPSA) is 45.2 Å². The van der Waals surface area contributed by atoms with E-state index in [1.165, 1.54) is 5.56 Å². The second kappa shape index (κ2) is 6.55. The normalized spacial score (nSPS) is 16.4. The van der Waals surface area contributed by atoms with Crippen LogP contribution < -0.4 is 5.32 Å². The van der Waals surface area contributed by atoms with Crippen LogP contribution in [-0.4, -0.2) is 34.9 Å². The molecule has 0 spiro atoms. The van der Waals surface area contributed by atoms with Crippen molar-refractivity contribution in [2.75, 3.05) is 18.4 Å². The summed E-state index contributed by atoms with van der Waals surface area (Å²) >= 11 is 0. The third-order valence-corrected chi connectivity index (χ3v) is 3.58. The summed E-state index contributed by atoms with van der Waals surface area (Å²) in [6.07, 6.45) is 5.45. The minimum absolute atomic E-state index is 0.301. The van der Waals surface area contributed by atoms with Crippen LogP contribution in [0.3, 0.4) is 0 Å². The molecule has 1 aliphatic heterocycles. The van der Waals surface area contributed by atoms with Gasteiger partial charge < -0.3 is 10.2 Å². The Morgan fingerprint density at radius 1 is 1.47 bits per heavy atom. The van der Waals surface area contributed by atoms with Gasteiger partial charge in [-0.15, -0.1) is 0 Å². The molecule has 4 heteroatoms. The highest BCUT2D eigenvalue weighted by Gasteiger charge is 2.22. The third-order valence-electron chi connectivity index (χ3n) is 3.58. The van der Waals surface area contributed by atoms with Gasteiger partial charge in [-0.05, 0) is 43.9 Å². The number of amides is 1. The van der Waals surface area contributed by atoms with E-state index in [1.807, 2.05) is 17.2 Å². The molecule has 1 fully saturated rings. The first kappa shape index (κ1) is 13.8. The number of carbonyl (C=O) groups excluding carboxylic acids is 1. The largest absolute Gasteiger partial charge is 0.367 e. The van der Waals surface area contributed by atoms with Gasteiger partial charge in [-0.2, -0.15) is 0 Å². The summed E-state index contributed by atoms with van der Waals surface area (Å²) in [4.78, 5) is 18.1. The molecule has 1 aliphatic rings. The molecule has 2 rings (SSSR count). The van der Waals surface area contributed by atoms with Crippen molar-refractivity contribution in [1.29, 1.82) is 0 Å². The van der Waals surface area contributed by atoms with Crippen LogP contribution >= 0.6 is 0 Å². The molecule has 1 saturated heterocycles. The van der Waals surface area contributed by atoms with Gasteiger partial charge in [-0.3, -0.25) is 4.79 Å². The van der Waals surface area contributed by atoms with Gasteiger partial charge in [-0.1, -0.05) is 6.92 Å². The zero-order valence-electron chi connectivity index (χ0n) is 11.9. The van der Waals surface area contributed by atoms with Gasteiger partial charge in [-0.25, -0.2) is 4.98 Å². The maximum absolute atomic E-state index is 11.8. The Bertz CT molecular complexity index is 425. The van der Waals surface area contributed by atoms with E-state index in [1.54, 1.807) is 0 Å². The number of anilines is 1. The summed E-state index contributed by atoms with van der Waals surface area (Å²) in [6.45, 7) is 5.85. The molecule has 0 radical (unpaired) electrons. The number of likely N-dealkylation sites (tertiary alicyclic amines) is 1. The maximum atomic E-state index is 11.8. The van der Waals surface area contributed by atoms with Crippen LogP contribution in [0.1, 0.15) is 38.2 Å². The van der Waals surface area contributed by atoms with Crippen LogP contribution in [0.2, 0.25) is 0 Å². The molecule has 1 aromatic heterocycles. The van der Waals surface area contributed by atoms with E-state index in [0.717, 1.165) is 38.2 Å². The number of pyridine rings is 1. The Labute approximate surface area is 115 Å². The Kier molecular flexibility index (Phi) is 4.77. The van der Waals surface area contributed by atoms with E-state index in [2.05, 4.69) is 30.2 Å². The lowest BCUT2D eigenvalue weighted by Gasteiger charge is -2.32. The monoisotopic (exact) mass is 261 g/mol. The molecule has 19 heavy (non-hydrogen) atoms. The number of rotatable bonds is 4. The van der Waals surface area contributed by atoms with Crippen molar-refractivity contribution >= 4 is 11.7 Å². The summed E-state index contributed by atoms with van der Waals surface area (Å²) in [5.74, 6) is 1.24. The van der Waals surface area contributed by atoms with Crippen LogP contribution in [-0.2, 0) is 4.79 Å². The molecule has 1 amide bonds. The van der Waals surface area contributed by atoms with E-state index >= 15 is 0 Å². The molecular formula is C15H23N3O. The summed E-state index contributed by atoms with van der Waals surface area (Å²) in [5.41, 5.74) is 1.22. The summed E-state index contributed by atoms with van der Waals surface area (Å²) < 4.78 is 0. The van der Waals surface area contributed by atoms with Crippen LogP contribution in [0.5, 0.6) is 0 Å². The van der Waals surface area contributed by atoms with Gasteiger partial charge in [0.2, 0.25) is 5.91 Å². The average molecular weight is 261 g/mol. The van der Waals surface area contributed by atoms with Crippen molar-refractivity contribution in [3.05, 3.63) is 23.9 Å². The van der Waals surface area contributed by atoms with Gasteiger partial charge >= 0.3 is 0 Å². The fourth-order valence-corrected chi connectivity index (χ4v) is 2.47. The Hall–Kier alpha value is -1.58. The van der Waals surface area contributed by atoms with E-state index in [4.69, 9.17) is 0 Å². The maximum Gasteiger partial charge on any atom is 0.222 e. The number of piperidine rings is 1. The molecule has 1 aromatic rings. The number of hydrogen-bond acceptors (Lipinski definition) is 3. The highest BCUT2D eigenvalue weighted by Crippen LogP contribution is 2.16. The second-order valence-corrected chi connectivity index (χ2v) is 5.27. The number of hydrogen-bond donors (Lipinski definition) is 1. The zero-order chi connectivity index (χ0) is 13.7. The molecule has 0 saturated carbocycles. The fourth-order valence-electron chi connectivity index (χ4n) is 2.47. The van der Waals surface area contributed by atoms with Crippen molar-refractivity contribution in [2.45, 2.75) is 45.6 Å². The lowest BCUT2D eigenvalue weighted by Crippen LogP contribution is -2.42. The van der Waals surface area contributed by atoms with Crippen LogP contribution in [0.25, 0.3) is 0 Å². The van der Waals surface area contributed by atoms with Gasteiger partial charge in [0.05, 0.1) is 0 Å². The van der Waals surface area contributed by atoms with E-state index in [-0.39, 0.29) is 0 Å². The molecule has 0 aromatic carbocycles. The zero-order valence-corrected chi connectivity index (χ0v) is 11.9. The van der Waals surface area contributed by atoms with Gasteiger partial charge in [0.1, 0.15) is 5.82 Å². The molecule has 0 bridgehead atoms. The van der Waals surface area contributed by atoms with Crippen LogP contribution in [0.4, 0.5) is 5.82 Å². The molecule has 2 heterocycles. The highest BCUT2D eigenvalue weighted by atomic mass is 16.2. The van der Waals surface area contributed by atoms with E-state index in [9.17, 15) is 4.79 Å². The average Bonchev–Trinajstić information content (AvgIpc) is 2.40. The minimum atomic E-state index is 0.301. The van der Waals surface area contributed by atoms with Gasteiger partial charge in [0, 0.05) is 31.7 Å². The summed E-state index contributed by atoms with van der Waals surface area (Å²) in [6, 6.07) is 4.49. The number of nitrogens with one attached hydrogen (secondary N) is 1.